The van der Waals surface area contributed by atoms with Crippen LogP contribution in [0.2, 0.25) is 0 Å². The average Bonchev–Trinajstić information content (AvgIpc) is 3.17. The van der Waals surface area contributed by atoms with Crippen LogP contribution in [-0.2, 0) is 10.5 Å². The van der Waals surface area contributed by atoms with Gasteiger partial charge in [0.15, 0.2) is 0 Å². The third kappa shape index (κ3) is 3.67. The van der Waals surface area contributed by atoms with E-state index in [0.717, 1.165) is 23.8 Å². The van der Waals surface area contributed by atoms with Gasteiger partial charge in [0.2, 0.25) is 5.91 Å². The third-order valence-electron chi connectivity index (χ3n) is 3.27. The van der Waals surface area contributed by atoms with Gasteiger partial charge in [0.25, 0.3) is 0 Å². The van der Waals surface area contributed by atoms with Crippen molar-refractivity contribution in [3.8, 4) is 0 Å². The molecule has 0 radical (unpaired) electrons. The second-order valence-electron chi connectivity index (χ2n) is 4.83. The van der Waals surface area contributed by atoms with Gasteiger partial charge in [-0.1, -0.05) is 0 Å². The van der Waals surface area contributed by atoms with Gasteiger partial charge in [-0.3, -0.25) is 4.79 Å². The molecule has 0 saturated carbocycles. The number of hydrogen-bond donors (Lipinski definition) is 0. The molecule has 0 N–H and O–H groups in total. The van der Waals surface area contributed by atoms with E-state index < -0.39 is 0 Å². The topological polar surface area (TPSA) is 33.5 Å². The van der Waals surface area contributed by atoms with Gasteiger partial charge in [0.1, 0.15) is 11.1 Å². The van der Waals surface area contributed by atoms with Gasteiger partial charge >= 0.3 is 0 Å². The highest BCUT2D eigenvalue weighted by atomic mass is 32.2. The highest BCUT2D eigenvalue weighted by Gasteiger charge is 2.33. The number of carbonyl (C=O) groups excluding carboxylic acids is 1. The van der Waals surface area contributed by atoms with Crippen molar-refractivity contribution in [2.75, 3.05) is 18.1 Å². The number of hydrogen-bond acceptors (Lipinski definition) is 5. The van der Waals surface area contributed by atoms with Gasteiger partial charge in [0.05, 0.1) is 17.8 Å². The molecule has 3 rings (SSSR count). The molecule has 1 amide bonds. The van der Waals surface area contributed by atoms with Gasteiger partial charge in [-0.2, -0.15) is 11.8 Å². The molecule has 0 aliphatic carbocycles. The Morgan fingerprint density at radius 3 is 3.05 bits per heavy atom. The Morgan fingerprint density at radius 1 is 1.43 bits per heavy atom. The first kappa shape index (κ1) is 15.1. The second-order valence-corrected chi connectivity index (χ2v) is 8.32. The molecule has 1 aliphatic rings. The van der Waals surface area contributed by atoms with E-state index in [4.69, 9.17) is 4.42 Å². The molecular formula is C15H17NO2S3. The number of amides is 1. The van der Waals surface area contributed by atoms with Crippen molar-refractivity contribution in [1.29, 1.82) is 0 Å². The van der Waals surface area contributed by atoms with E-state index in [1.807, 2.05) is 28.8 Å². The molecule has 1 unspecified atom stereocenters. The van der Waals surface area contributed by atoms with Crippen molar-refractivity contribution < 1.29 is 9.21 Å². The molecule has 2 aromatic heterocycles. The fourth-order valence-electron chi connectivity index (χ4n) is 2.25. The van der Waals surface area contributed by atoms with E-state index in [-0.39, 0.29) is 11.3 Å². The van der Waals surface area contributed by atoms with Crippen molar-refractivity contribution in [3.63, 3.8) is 0 Å². The maximum atomic E-state index is 12.1. The Kier molecular flexibility index (Phi) is 4.98. The van der Waals surface area contributed by atoms with Crippen molar-refractivity contribution in [2.24, 2.45) is 0 Å². The highest BCUT2D eigenvalue weighted by Crippen LogP contribution is 2.41. The monoisotopic (exact) mass is 339 g/mol. The standard InChI is InChI=1S/C15H17NO2S3/c1-11-4-5-13(21-11)15-16(14(17)10-20-15)6-8-19-9-12-3-2-7-18-12/h2-5,7,15H,6,8-10H2,1H3. The predicted octanol–water partition coefficient (Wildman–Crippen LogP) is 4.16. The van der Waals surface area contributed by atoms with E-state index in [9.17, 15) is 4.79 Å². The van der Waals surface area contributed by atoms with Gasteiger partial charge in [0, 0.05) is 22.1 Å². The summed E-state index contributed by atoms with van der Waals surface area (Å²) in [5.74, 6) is 3.66. The van der Waals surface area contributed by atoms with Crippen molar-refractivity contribution in [1.82, 2.24) is 4.90 Å². The van der Waals surface area contributed by atoms with Gasteiger partial charge in [-0.25, -0.2) is 0 Å². The minimum Gasteiger partial charge on any atom is -0.468 e. The molecule has 21 heavy (non-hydrogen) atoms. The lowest BCUT2D eigenvalue weighted by Gasteiger charge is -2.22. The minimum atomic E-state index is 0.209. The van der Waals surface area contributed by atoms with E-state index in [1.54, 1.807) is 29.4 Å². The van der Waals surface area contributed by atoms with Crippen LogP contribution < -0.4 is 0 Å². The molecule has 3 heterocycles. The Hall–Kier alpha value is -0.850. The molecule has 1 saturated heterocycles. The third-order valence-corrected chi connectivity index (χ3v) is 6.67. The lowest BCUT2D eigenvalue weighted by Crippen LogP contribution is -2.30. The lowest BCUT2D eigenvalue weighted by atomic mass is 10.4. The summed E-state index contributed by atoms with van der Waals surface area (Å²) in [4.78, 5) is 16.7. The van der Waals surface area contributed by atoms with Crippen LogP contribution in [0.25, 0.3) is 0 Å². The maximum absolute atomic E-state index is 12.1. The van der Waals surface area contributed by atoms with E-state index in [0.29, 0.717) is 5.75 Å². The molecule has 0 aromatic carbocycles. The number of carbonyl (C=O) groups is 1. The average molecular weight is 340 g/mol. The Bertz CT molecular complexity index is 594. The first-order valence-corrected chi connectivity index (χ1v) is 9.83. The van der Waals surface area contributed by atoms with Crippen LogP contribution in [0.15, 0.2) is 34.9 Å². The molecule has 1 fully saturated rings. The normalized spacial score (nSPS) is 18.6. The number of thioether (sulfide) groups is 2. The summed E-state index contributed by atoms with van der Waals surface area (Å²) in [6.45, 7) is 2.91. The quantitative estimate of drug-likeness (QED) is 0.740. The Labute approximate surface area is 137 Å². The SMILES string of the molecule is Cc1ccc(C2SCC(=O)N2CCSCc2ccco2)s1. The minimum absolute atomic E-state index is 0.209. The number of furan rings is 1. The summed E-state index contributed by atoms with van der Waals surface area (Å²) >= 11 is 5.34. The Morgan fingerprint density at radius 2 is 2.33 bits per heavy atom. The summed E-state index contributed by atoms with van der Waals surface area (Å²) in [6, 6.07) is 8.18. The van der Waals surface area contributed by atoms with Crippen LogP contribution in [0, 0.1) is 6.92 Å². The molecular weight excluding hydrogens is 322 g/mol. The lowest BCUT2D eigenvalue weighted by molar-refractivity contribution is -0.127. The molecule has 112 valence electrons. The molecule has 6 heteroatoms. The molecule has 2 aromatic rings. The zero-order valence-corrected chi connectivity index (χ0v) is 14.2. The molecule has 0 spiro atoms. The fourth-order valence-corrected chi connectivity index (χ4v) is 5.42. The molecule has 0 bridgehead atoms. The summed E-state index contributed by atoms with van der Waals surface area (Å²) in [5.41, 5.74) is 0. The Balaban J connectivity index is 1.53. The van der Waals surface area contributed by atoms with Crippen LogP contribution in [0.3, 0.4) is 0 Å². The van der Waals surface area contributed by atoms with Crippen LogP contribution in [0.1, 0.15) is 20.9 Å². The first-order valence-electron chi connectivity index (χ1n) is 6.81. The zero-order valence-electron chi connectivity index (χ0n) is 11.8. The summed E-state index contributed by atoms with van der Waals surface area (Å²) in [6.07, 6.45) is 1.70. The van der Waals surface area contributed by atoms with Gasteiger partial charge in [-0.15, -0.1) is 23.1 Å². The smallest absolute Gasteiger partial charge is 0.233 e. The van der Waals surface area contributed by atoms with E-state index in [1.165, 1.54) is 9.75 Å². The number of nitrogens with zero attached hydrogens (tertiary/aromatic N) is 1. The highest BCUT2D eigenvalue weighted by molar-refractivity contribution is 8.00. The first-order chi connectivity index (χ1) is 10.2. The molecule has 1 aliphatic heterocycles. The van der Waals surface area contributed by atoms with Crippen LogP contribution in [-0.4, -0.2) is 28.9 Å². The van der Waals surface area contributed by atoms with Crippen molar-refractivity contribution in [2.45, 2.75) is 18.1 Å². The summed E-state index contributed by atoms with van der Waals surface area (Å²) < 4.78 is 5.32. The molecule has 1 atom stereocenters. The fraction of sp³-hybridized carbons (Fsp3) is 0.400. The van der Waals surface area contributed by atoms with Gasteiger partial charge < -0.3 is 9.32 Å². The number of thiophene rings is 1. The summed E-state index contributed by atoms with van der Waals surface area (Å²) in [5, 5.41) is 0.209. The van der Waals surface area contributed by atoms with Crippen LogP contribution >= 0.6 is 34.9 Å². The summed E-state index contributed by atoms with van der Waals surface area (Å²) in [7, 11) is 0. The number of aryl methyl sites for hydroxylation is 1. The zero-order chi connectivity index (χ0) is 14.7. The van der Waals surface area contributed by atoms with Gasteiger partial charge in [-0.05, 0) is 31.2 Å². The van der Waals surface area contributed by atoms with Crippen molar-refractivity contribution >= 4 is 40.8 Å². The second kappa shape index (κ2) is 6.94. The predicted molar refractivity (Wildman–Crippen MR) is 90.8 cm³/mol. The van der Waals surface area contributed by atoms with Crippen LogP contribution in [0.4, 0.5) is 0 Å². The molecule has 3 nitrogen and oxygen atoms in total. The maximum Gasteiger partial charge on any atom is 0.233 e. The largest absolute Gasteiger partial charge is 0.468 e. The number of rotatable bonds is 6. The van der Waals surface area contributed by atoms with Crippen LogP contribution in [0.5, 0.6) is 0 Å². The van der Waals surface area contributed by atoms with E-state index >= 15 is 0 Å². The van der Waals surface area contributed by atoms with E-state index in [2.05, 4.69) is 19.1 Å². The van der Waals surface area contributed by atoms with Crippen molar-refractivity contribution in [3.05, 3.63) is 46.0 Å².